The van der Waals surface area contributed by atoms with Crippen LogP contribution in [0.1, 0.15) is 44.2 Å². The molecule has 0 saturated heterocycles. The van der Waals surface area contributed by atoms with Crippen LogP contribution in [0.15, 0.2) is 18.2 Å². The van der Waals surface area contributed by atoms with Crippen molar-refractivity contribution >= 4 is 11.6 Å². The standard InChI is InChI=1S/C14H22ClN/c1-4-5-6-12(3)16-10-13-8-7-11(2)9-14(13)15/h7-9,12,16H,4-6,10H2,1-3H3. The van der Waals surface area contributed by atoms with E-state index in [1.54, 1.807) is 0 Å². The number of unbranched alkanes of at least 4 members (excludes halogenated alkanes) is 1. The number of benzene rings is 1. The van der Waals surface area contributed by atoms with E-state index in [9.17, 15) is 0 Å². The second kappa shape index (κ2) is 6.93. The molecule has 0 amide bonds. The Morgan fingerprint density at radius 1 is 1.38 bits per heavy atom. The molecular weight excluding hydrogens is 218 g/mol. The largest absolute Gasteiger partial charge is 0.310 e. The molecule has 1 aromatic carbocycles. The highest BCUT2D eigenvalue weighted by molar-refractivity contribution is 6.31. The topological polar surface area (TPSA) is 12.0 Å². The molecular formula is C14H22ClN. The number of aryl methyl sites for hydroxylation is 1. The molecule has 1 unspecified atom stereocenters. The van der Waals surface area contributed by atoms with Crippen LogP contribution in [0.2, 0.25) is 5.02 Å². The first kappa shape index (κ1) is 13.5. The van der Waals surface area contributed by atoms with E-state index in [-0.39, 0.29) is 0 Å². The quantitative estimate of drug-likeness (QED) is 0.780. The van der Waals surface area contributed by atoms with Gasteiger partial charge in [0, 0.05) is 17.6 Å². The summed E-state index contributed by atoms with van der Waals surface area (Å²) in [6, 6.07) is 6.81. The monoisotopic (exact) mass is 239 g/mol. The van der Waals surface area contributed by atoms with Crippen molar-refractivity contribution in [3.63, 3.8) is 0 Å². The minimum absolute atomic E-state index is 0.567. The van der Waals surface area contributed by atoms with E-state index in [2.05, 4.69) is 38.2 Å². The van der Waals surface area contributed by atoms with Gasteiger partial charge in [0.15, 0.2) is 0 Å². The summed E-state index contributed by atoms with van der Waals surface area (Å²) in [6.07, 6.45) is 3.78. The van der Waals surface area contributed by atoms with Gasteiger partial charge in [0.25, 0.3) is 0 Å². The van der Waals surface area contributed by atoms with Crippen molar-refractivity contribution in [1.82, 2.24) is 5.32 Å². The molecule has 0 aliphatic heterocycles. The lowest BCUT2D eigenvalue weighted by Gasteiger charge is -2.14. The summed E-state index contributed by atoms with van der Waals surface area (Å²) in [4.78, 5) is 0. The average molecular weight is 240 g/mol. The predicted molar refractivity (Wildman–Crippen MR) is 72.0 cm³/mol. The lowest BCUT2D eigenvalue weighted by Crippen LogP contribution is -2.25. The third kappa shape index (κ3) is 4.54. The van der Waals surface area contributed by atoms with Gasteiger partial charge in [-0.3, -0.25) is 0 Å². The minimum Gasteiger partial charge on any atom is -0.310 e. The molecule has 0 aliphatic rings. The van der Waals surface area contributed by atoms with Crippen LogP contribution < -0.4 is 5.32 Å². The Hall–Kier alpha value is -0.530. The molecule has 1 rings (SSSR count). The van der Waals surface area contributed by atoms with Crippen LogP contribution in [0, 0.1) is 6.92 Å². The molecule has 16 heavy (non-hydrogen) atoms. The molecule has 1 N–H and O–H groups in total. The van der Waals surface area contributed by atoms with E-state index in [0.717, 1.165) is 11.6 Å². The Bertz CT molecular complexity index is 323. The van der Waals surface area contributed by atoms with Gasteiger partial charge in [0.05, 0.1) is 0 Å². The summed E-state index contributed by atoms with van der Waals surface area (Å²) >= 11 is 6.18. The molecule has 1 aromatic rings. The van der Waals surface area contributed by atoms with E-state index in [1.165, 1.54) is 30.4 Å². The van der Waals surface area contributed by atoms with E-state index in [0.29, 0.717) is 6.04 Å². The van der Waals surface area contributed by atoms with Crippen LogP contribution >= 0.6 is 11.6 Å². The molecule has 0 saturated carbocycles. The Morgan fingerprint density at radius 2 is 2.12 bits per heavy atom. The average Bonchev–Trinajstić information content (AvgIpc) is 2.25. The first-order valence-electron chi connectivity index (χ1n) is 6.12. The van der Waals surface area contributed by atoms with Gasteiger partial charge >= 0.3 is 0 Å². The molecule has 1 atom stereocenters. The molecule has 0 spiro atoms. The van der Waals surface area contributed by atoms with Crippen LogP contribution in [0.3, 0.4) is 0 Å². The van der Waals surface area contributed by atoms with Gasteiger partial charge in [0.1, 0.15) is 0 Å². The first-order valence-corrected chi connectivity index (χ1v) is 6.49. The maximum absolute atomic E-state index is 6.18. The van der Waals surface area contributed by atoms with E-state index < -0.39 is 0 Å². The van der Waals surface area contributed by atoms with Gasteiger partial charge < -0.3 is 5.32 Å². The normalized spacial score (nSPS) is 12.8. The van der Waals surface area contributed by atoms with E-state index in [1.807, 2.05) is 6.07 Å². The SMILES string of the molecule is CCCCC(C)NCc1ccc(C)cc1Cl. The van der Waals surface area contributed by atoms with Crippen LogP contribution in [-0.4, -0.2) is 6.04 Å². The summed E-state index contributed by atoms with van der Waals surface area (Å²) in [5.74, 6) is 0. The van der Waals surface area contributed by atoms with Crippen molar-refractivity contribution in [2.45, 2.75) is 52.6 Å². The fraction of sp³-hybridized carbons (Fsp3) is 0.571. The van der Waals surface area contributed by atoms with Gasteiger partial charge in [0.2, 0.25) is 0 Å². The number of nitrogens with one attached hydrogen (secondary N) is 1. The maximum atomic E-state index is 6.18. The van der Waals surface area contributed by atoms with Crippen molar-refractivity contribution in [2.75, 3.05) is 0 Å². The molecule has 0 bridgehead atoms. The maximum Gasteiger partial charge on any atom is 0.0453 e. The molecule has 1 nitrogen and oxygen atoms in total. The highest BCUT2D eigenvalue weighted by atomic mass is 35.5. The summed E-state index contributed by atoms with van der Waals surface area (Å²) < 4.78 is 0. The van der Waals surface area contributed by atoms with Gasteiger partial charge in [-0.2, -0.15) is 0 Å². The second-order valence-corrected chi connectivity index (χ2v) is 4.93. The van der Waals surface area contributed by atoms with E-state index >= 15 is 0 Å². The number of hydrogen-bond acceptors (Lipinski definition) is 1. The van der Waals surface area contributed by atoms with Crippen molar-refractivity contribution in [3.8, 4) is 0 Å². The Morgan fingerprint density at radius 3 is 2.75 bits per heavy atom. The first-order chi connectivity index (χ1) is 7.63. The Balaban J connectivity index is 2.42. The molecule has 90 valence electrons. The number of hydrogen-bond donors (Lipinski definition) is 1. The van der Waals surface area contributed by atoms with Gasteiger partial charge in [-0.25, -0.2) is 0 Å². The van der Waals surface area contributed by atoms with Gasteiger partial charge in [-0.05, 0) is 37.5 Å². The molecule has 0 aromatic heterocycles. The van der Waals surface area contributed by atoms with Crippen molar-refractivity contribution in [3.05, 3.63) is 34.3 Å². The lowest BCUT2D eigenvalue weighted by atomic mass is 10.1. The zero-order valence-corrected chi connectivity index (χ0v) is 11.3. The van der Waals surface area contributed by atoms with Gasteiger partial charge in [-0.1, -0.05) is 43.5 Å². The minimum atomic E-state index is 0.567. The highest BCUT2D eigenvalue weighted by Crippen LogP contribution is 2.17. The lowest BCUT2D eigenvalue weighted by molar-refractivity contribution is 0.495. The molecule has 2 heteroatoms. The summed E-state index contributed by atoms with van der Waals surface area (Å²) in [5.41, 5.74) is 2.41. The van der Waals surface area contributed by atoms with Crippen molar-refractivity contribution in [1.29, 1.82) is 0 Å². The number of rotatable bonds is 6. The smallest absolute Gasteiger partial charge is 0.0453 e. The fourth-order valence-electron chi connectivity index (χ4n) is 1.69. The van der Waals surface area contributed by atoms with Crippen LogP contribution in [0.4, 0.5) is 0 Å². The van der Waals surface area contributed by atoms with Crippen molar-refractivity contribution < 1.29 is 0 Å². The Kier molecular flexibility index (Phi) is 5.86. The molecule has 0 radical (unpaired) electrons. The highest BCUT2D eigenvalue weighted by Gasteiger charge is 2.03. The molecule has 0 aliphatic carbocycles. The Labute approximate surface area is 104 Å². The van der Waals surface area contributed by atoms with Crippen LogP contribution in [0.25, 0.3) is 0 Å². The zero-order valence-electron chi connectivity index (χ0n) is 10.5. The zero-order chi connectivity index (χ0) is 12.0. The third-order valence-corrected chi connectivity index (χ3v) is 3.19. The van der Waals surface area contributed by atoms with Gasteiger partial charge in [-0.15, -0.1) is 0 Å². The third-order valence-electron chi connectivity index (χ3n) is 2.84. The van der Waals surface area contributed by atoms with Crippen molar-refractivity contribution in [2.24, 2.45) is 0 Å². The van der Waals surface area contributed by atoms with Crippen LogP contribution in [0.5, 0.6) is 0 Å². The summed E-state index contributed by atoms with van der Waals surface area (Å²) in [6.45, 7) is 7.39. The second-order valence-electron chi connectivity index (χ2n) is 4.52. The molecule has 0 heterocycles. The molecule has 0 fully saturated rings. The van der Waals surface area contributed by atoms with E-state index in [4.69, 9.17) is 11.6 Å². The summed E-state index contributed by atoms with van der Waals surface area (Å²) in [5, 5.41) is 4.38. The summed E-state index contributed by atoms with van der Waals surface area (Å²) in [7, 11) is 0. The predicted octanol–water partition coefficient (Wildman–Crippen LogP) is 4.32. The number of halogens is 1. The van der Waals surface area contributed by atoms with Crippen LogP contribution in [-0.2, 0) is 6.54 Å². The fourth-order valence-corrected chi connectivity index (χ4v) is 1.99.